The molecule has 0 amide bonds. The van der Waals surface area contributed by atoms with Crippen molar-refractivity contribution >= 4 is 18.1 Å². The van der Waals surface area contributed by atoms with Crippen LogP contribution in [0.25, 0.3) is 0 Å². The third-order valence-electron chi connectivity index (χ3n) is 3.09. The predicted octanol–water partition coefficient (Wildman–Crippen LogP) is 3.50. The third-order valence-corrected chi connectivity index (χ3v) is 6.13. The van der Waals surface area contributed by atoms with Crippen LogP contribution in [-0.2, 0) is 10.0 Å². The summed E-state index contributed by atoms with van der Waals surface area (Å²) in [7, 11) is -5.26. The lowest BCUT2D eigenvalue weighted by Gasteiger charge is -2.21. The van der Waals surface area contributed by atoms with Crippen molar-refractivity contribution in [2.24, 2.45) is 0 Å². The first kappa shape index (κ1) is 19.4. The first-order chi connectivity index (χ1) is 10.6. The minimum Gasteiger partial charge on any atom is -0.207 e. The molecule has 0 aromatic heterocycles. The molecular formula is C17H24N2O2SSi. The van der Waals surface area contributed by atoms with Crippen LogP contribution >= 0.6 is 0 Å². The van der Waals surface area contributed by atoms with Crippen molar-refractivity contribution in [2.45, 2.75) is 31.5 Å². The molecule has 0 unspecified atom stereocenters. The van der Waals surface area contributed by atoms with Crippen LogP contribution in [0.2, 0.25) is 19.6 Å². The van der Waals surface area contributed by atoms with Crippen LogP contribution < -0.4 is 0 Å². The molecule has 0 aliphatic heterocycles. The first-order valence-electron chi connectivity index (χ1n) is 7.39. The van der Waals surface area contributed by atoms with E-state index in [4.69, 9.17) is 0 Å². The van der Waals surface area contributed by atoms with Crippen LogP contribution in [-0.4, -0.2) is 33.9 Å². The third kappa shape index (κ3) is 5.79. The van der Waals surface area contributed by atoms with E-state index in [1.54, 1.807) is 24.3 Å². The standard InChI is InChI=1S/C17H24N2O2SSi/c1-6-11-19(13-16(12-18)14-23(3,4)5)22(20,21)17-9-7-15(2)8-10-17/h6-10,14H,1,11,13H2,2-5H3/b16-14+. The summed E-state index contributed by atoms with van der Waals surface area (Å²) in [4.78, 5) is 0.232. The number of benzene rings is 1. The molecule has 0 aliphatic rings. The van der Waals surface area contributed by atoms with Gasteiger partial charge in [-0.05, 0) is 19.1 Å². The second kappa shape index (κ2) is 7.73. The van der Waals surface area contributed by atoms with Gasteiger partial charge in [0.1, 0.15) is 0 Å². The molecule has 6 heteroatoms. The molecule has 0 radical (unpaired) electrons. The van der Waals surface area contributed by atoms with Crippen LogP contribution in [0.3, 0.4) is 0 Å². The van der Waals surface area contributed by atoms with Gasteiger partial charge in [0.05, 0.1) is 19.0 Å². The summed E-state index contributed by atoms with van der Waals surface area (Å²) in [5.74, 6) is 0. The lowest BCUT2D eigenvalue weighted by molar-refractivity contribution is 0.470. The SMILES string of the molecule is C=CCN(C/C(C#N)=C/[Si](C)(C)C)S(=O)(=O)c1ccc(C)cc1. The molecule has 1 aromatic rings. The van der Waals surface area contributed by atoms with Crippen molar-refractivity contribution in [3.63, 3.8) is 0 Å². The number of nitrogens with zero attached hydrogens (tertiary/aromatic N) is 2. The van der Waals surface area contributed by atoms with E-state index in [9.17, 15) is 13.7 Å². The molecule has 23 heavy (non-hydrogen) atoms. The molecule has 0 heterocycles. The Morgan fingerprint density at radius 2 is 1.87 bits per heavy atom. The van der Waals surface area contributed by atoms with E-state index < -0.39 is 18.1 Å². The normalized spacial score (nSPS) is 13.0. The second-order valence-electron chi connectivity index (χ2n) is 6.55. The fourth-order valence-electron chi connectivity index (χ4n) is 2.08. The number of rotatable bonds is 7. The maximum atomic E-state index is 12.8. The van der Waals surface area contributed by atoms with Crippen LogP contribution in [0.15, 0.2) is 53.1 Å². The smallest absolute Gasteiger partial charge is 0.207 e. The van der Waals surface area contributed by atoms with Crippen LogP contribution in [0.4, 0.5) is 0 Å². The molecule has 0 atom stereocenters. The average Bonchev–Trinajstić information content (AvgIpc) is 2.45. The van der Waals surface area contributed by atoms with Crippen LogP contribution in [0.5, 0.6) is 0 Å². The van der Waals surface area contributed by atoms with E-state index in [0.29, 0.717) is 5.57 Å². The van der Waals surface area contributed by atoms with E-state index in [1.807, 2.05) is 12.6 Å². The maximum absolute atomic E-state index is 12.8. The van der Waals surface area contributed by atoms with Gasteiger partial charge >= 0.3 is 0 Å². The van der Waals surface area contributed by atoms with E-state index in [-0.39, 0.29) is 18.0 Å². The fourth-order valence-corrected chi connectivity index (χ4v) is 4.67. The van der Waals surface area contributed by atoms with Gasteiger partial charge in [0, 0.05) is 18.7 Å². The number of hydrogen-bond donors (Lipinski definition) is 0. The van der Waals surface area contributed by atoms with Crippen LogP contribution in [0.1, 0.15) is 5.56 Å². The number of hydrogen-bond acceptors (Lipinski definition) is 3. The van der Waals surface area contributed by atoms with Gasteiger partial charge in [-0.3, -0.25) is 0 Å². The van der Waals surface area contributed by atoms with Gasteiger partial charge in [-0.1, -0.05) is 49.1 Å². The Labute approximate surface area is 140 Å². The Balaban J connectivity index is 3.20. The highest BCUT2D eigenvalue weighted by molar-refractivity contribution is 7.89. The zero-order valence-corrected chi connectivity index (χ0v) is 16.0. The maximum Gasteiger partial charge on any atom is 0.243 e. The molecule has 0 saturated heterocycles. The van der Waals surface area contributed by atoms with E-state index in [1.165, 1.54) is 10.4 Å². The monoisotopic (exact) mass is 348 g/mol. The molecular weight excluding hydrogens is 324 g/mol. The van der Waals surface area contributed by atoms with Crippen molar-refractivity contribution < 1.29 is 8.42 Å². The second-order valence-corrected chi connectivity index (χ2v) is 13.5. The summed E-state index contributed by atoms with van der Waals surface area (Å²) in [6.45, 7) is 12.1. The molecule has 0 spiro atoms. The highest BCUT2D eigenvalue weighted by Gasteiger charge is 2.25. The Morgan fingerprint density at radius 1 is 1.30 bits per heavy atom. The lowest BCUT2D eigenvalue weighted by atomic mass is 10.2. The van der Waals surface area contributed by atoms with Crippen molar-refractivity contribution in [1.29, 1.82) is 5.26 Å². The van der Waals surface area contributed by atoms with Gasteiger partial charge in [-0.2, -0.15) is 9.57 Å². The molecule has 1 rings (SSSR count). The number of aryl methyl sites for hydroxylation is 1. The van der Waals surface area contributed by atoms with Gasteiger partial charge in [0.2, 0.25) is 10.0 Å². The minimum atomic E-state index is -3.66. The summed E-state index contributed by atoms with van der Waals surface area (Å²) in [5.41, 5.74) is 3.42. The number of sulfonamides is 1. The Morgan fingerprint density at radius 3 is 2.30 bits per heavy atom. The highest BCUT2D eigenvalue weighted by atomic mass is 32.2. The lowest BCUT2D eigenvalue weighted by Crippen LogP contribution is -2.33. The summed E-state index contributed by atoms with van der Waals surface area (Å²) < 4.78 is 26.9. The van der Waals surface area contributed by atoms with E-state index in [0.717, 1.165) is 5.56 Å². The van der Waals surface area contributed by atoms with Crippen molar-refractivity contribution in [1.82, 2.24) is 4.31 Å². The molecule has 4 nitrogen and oxygen atoms in total. The first-order valence-corrected chi connectivity index (χ1v) is 12.4. The van der Waals surface area contributed by atoms with Crippen molar-refractivity contribution in [3.8, 4) is 6.07 Å². The van der Waals surface area contributed by atoms with Gasteiger partial charge in [0.15, 0.2) is 0 Å². The molecule has 1 aromatic carbocycles. The highest BCUT2D eigenvalue weighted by Crippen LogP contribution is 2.18. The Bertz CT molecular complexity index is 723. The largest absolute Gasteiger partial charge is 0.243 e. The van der Waals surface area contributed by atoms with Gasteiger partial charge < -0.3 is 0 Å². The predicted molar refractivity (Wildman–Crippen MR) is 97.2 cm³/mol. The zero-order valence-electron chi connectivity index (χ0n) is 14.2. The average molecular weight is 349 g/mol. The van der Waals surface area contributed by atoms with E-state index in [2.05, 4.69) is 32.3 Å². The Hall–Kier alpha value is -1.68. The molecule has 0 saturated carbocycles. The van der Waals surface area contributed by atoms with Gasteiger partial charge in [0.25, 0.3) is 0 Å². The zero-order chi connectivity index (χ0) is 17.7. The molecule has 124 valence electrons. The molecule has 0 bridgehead atoms. The van der Waals surface area contributed by atoms with Crippen molar-refractivity contribution in [2.75, 3.05) is 13.1 Å². The molecule has 0 N–H and O–H groups in total. The topological polar surface area (TPSA) is 61.2 Å². The quantitative estimate of drug-likeness (QED) is 0.430. The summed E-state index contributed by atoms with van der Waals surface area (Å²) >= 11 is 0. The summed E-state index contributed by atoms with van der Waals surface area (Å²) in [6, 6.07) is 8.85. The molecule has 0 fully saturated rings. The fraction of sp³-hybridized carbons (Fsp3) is 0.353. The van der Waals surface area contributed by atoms with E-state index >= 15 is 0 Å². The van der Waals surface area contributed by atoms with Gasteiger partial charge in [-0.15, -0.1) is 6.58 Å². The van der Waals surface area contributed by atoms with Crippen LogP contribution in [0, 0.1) is 18.3 Å². The van der Waals surface area contributed by atoms with Crippen molar-refractivity contribution in [3.05, 3.63) is 53.8 Å². The summed E-state index contributed by atoms with van der Waals surface area (Å²) in [6.07, 6.45) is 1.54. The minimum absolute atomic E-state index is 0.0724. The summed E-state index contributed by atoms with van der Waals surface area (Å²) in [5, 5.41) is 9.34. The molecule has 0 aliphatic carbocycles. The number of nitriles is 1. The Kier molecular flexibility index (Phi) is 6.51. The van der Waals surface area contributed by atoms with Gasteiger partial charge in [-0.25, -0.2) is 8.42 Å².